The van der Waals surface area contributed by atoms with Gasteiger partial charge in [0.15, 0.2) is 5.69 Å². The van der Waals surface area contributed by atoms with Crippen molar-refractivity contribution in [3.8, 4) is 0 Å². The molecule has 0 bridgehead atoms. The molecule has 7 nitrogen and oxygen atoms in total. The van der Waals surface area contributed by atoms with Crippen LogP contribution in [0, 0.1) is 6.92 Å². The molecule has 0 atom stereocenters. The number of hydrogen-bond donors (Lipinski definition) is 0. The Bertz CT molecular complexity index is 392. The first-order valence-electron chi connectivity index (χ1n) is 6.34. The molecule has 0 saturated heterocycles. The predicted octanol–water partition coefficient (Wildman–Crippen LogP) is 0.816. The van der Waals surface area contributed by atoms with E-state index < -0.39 is 5.97 Å². The van der Waals surface area contributed by atoms with Gasteiger partial charge in [0.1, 0.15) is 6.61 Å². The highest BCUT2D eigenvalue weighted by molar-refractivity contribution is 5.88. The molecule has 0 saturated carbocycles. The van der Waals surface area contributed by atoms with Crippen LogP contribution in [-0.4, -0.2) is 54.5 Å². The molecule has 1 rings (SSSR count). The summed E-state index contributed by atoms with van der Waals surface area (Å²) in [7, 11) is 1.55. The van der Waals surface area contributed by atoms with Gasteiger partial charge in [0.25, 0.3) is 0 Å². The first-order valence-corrected chi connectivity index (χ1v) is 6.34. The summed E-state index contributed by atoms with van der Waals surface area (Å²) in [4.78, 5) is 11.7. The number of hydrogen-bond acceptors (Lipinski definition) is 6. The van der Waals surface area contributed by atoms with Crippen LogP contribution in [0.3, 0.4) is 0 Å². The number of ether oxygens (including phenoxy) is 3. The summed E-state index contributed by atoms with van der Waals surface area (Å²) in [5, 5.41) is 7.79. The van der Waals surface area contributed by atoms with E-state index in [0.717, 1.165) is 6.42 Å². The molecule has 0 radical (unpaired) electrons. The Morgan fingerprint density at radius 3 is 2.79 bits per heavy atom. The number of esters is 1. The van der Waals surface area contributed by atoms with Crippen molar-refractivity contribution in [2.45, 2.75) is 26.8 Å². The molecule has 1 aromatic rings. The van der Waals surface area contributed by atoms with Gasteiger partial charge in [0.2, 0.25) is 0 Å². The van der Waals surface area contributed by atoms with Gasteiger partial charge >= 0.3 is 5.97 Å². The molecule has 7 heteroatoms. The van der Waals surface area contributed by atoms with Gasteiger partial charge < -0.3 is 14.2 Å². The smallest absolute Gasteiger partial charge is 0.360 e. The number of nitrogens with zero attached hydrogens (tertiary/aromatic N) is 3. The van der Waals surface area contributed by atoms with E-state index in [0.29, 0.717) is 32.1 Å². The summed E-state index contributed by atoms with van der Waals surface area (Å²) in [5.74, 6) is -0.467. The first kappa shape index (κ1) is 15.6. The molecule has 1 heterocycles. The Morgan fingerprint density at radius 1 is 1.32 bits per heavy atom. The van der Waals surface area contributed by atoms with Crippen molar-refractivity contribution in [2.75, 3.05) is 33.5 Å². The zero-order valence-electron chi connectivity index (χ0n) is 11.7. The SMILES string of the molecule is CCOCCCn1nnc(C(=O)OCCOC)c1C. The van der Waals surface area contributed by atoms with Crippen molar-refractivity contribution in [2.24, 2.45) is 0 Å². The van der Waals surface area contributed by atoms with Crippen molar-refractivity contribution >= 4 is 5.97 Å². The average molecular weight is 271 g/mol. The van der Waals surface area contributed by atoms with Crippen LogP contribution in [0.1, 0.15) is 29.5 Å². The van der Waals surface area contributed by atoms with E-state index in [1.165, 1.54) is 0 Å². The molecular weight excluding hydrogens is 250 g/mol. The Balaban J connectivity index is 2.47. The lowest BCUT2D eigenvalue weighted by molar-refractivity contribution is 0.0380. The molecule has 1 aromatic heterocycles. The highest BCUT2D eigenvalue weighted by Gasteiger charge is 2.17. The minimum Gasteiger partial charge on any atom is -0.458 e. The zero-order valence-corrected chi connectivity index (χ0v) is 11.7. The number of methoxy groups -OCH3 is 1. The van der Waals surface area contributed by atoms with Gasteiger partial charge in [-0.05, 0) is 20.3 Å². The van der Waals surface area contributed by atoms with Crippen molar-refractivity contribution in [3.05, 3.63) is 11.4 Å². The van der Waals surface area contributed by atoms with E-state index >= 15 is 0 Å². The summed E-state index contributed by atoms with van der Waals surface area (Å²) in [6.07, 6.45) is 0.830. The number of rotatable bonds is 9. The molecule has 0 fully saturated rings. The van der Waals surface area contributed by atoms with Crippen LogP contribution in [0.2, 0.25) is 0 Å². The molecule has 0 N–H and O–H groups in total. The first-order chi connectivity index (χ1) is 9.20. The van der Waals surface area contributed by atoms with Gasteiger partial charge in [-0.3, -0.25) is 0 Å². The number of aryl methyl sites for hydroxylation is 1. The molecule has 19 heavy (non-hydrogen) atoms. The van der Waals surface area contributed by atoms with Crippen LogP contribution in [0.5, 0.6) is 0 Å². The van der Waals surface area contributed by atoms with Gasteiger partial charge in [0.05, 0.1) is 12.3 Å². The van der Waals surface area contributed by atoms with Crippen molar-refractivity contribution in [1.29, 1.82) is 0 Å². The Labute approximate surface area is 112 Å². The molecule has 0 amide bonds. The highest BCUT2D eigenvalue weighted by Crippen LogP contribution is 2.06. The monoisotopic (exact) mass is 271 g/mol. The summed E-state index contributed by atoms with van der Waals surface area (Å²) in [6, 6.07) is 0. The van der Waals surface area contributed by atoms with Gasteiger partial charge in [-0.2, -0.15) is 0 Å². The van der Waals surface area contributed by atoms with E-state index in [4.69, 9.17) is 14.2 Å². The Hall–Kier alpha value is -1.47. The molecule has 0 aliphatic heterocycles. The minimum absolute atomic E-state index is 0.214. The van der Waals surface area contributed by atoms with Gasteiger partial charge in [-0.1, -0.05) is 5.21 Å². The lowest BCUT2D eigenvalue weighted by atomic mass is 10.3. The zero-order chi connectivity index (χ0) is 14.1. The van der Waals surface area contributed by atoms with Gasteiger partial charge in [-0.25, -0.2) is 9.48 Å². The van der Waals surface area contributed by atoms with Crippen LogP contribution < -0.4 is 0 Å². The Morgan fingerprint density at radius 2 is 2.11 bits per heavy atom. The standard InChI is InChI=1S/C12H21N3O4/c1-4-18-7-5-6-15-10(2)11(13-14-15)12(16)19-9-8-17-3/h4-9H2,1-3H3. The van der Waals surface area contributed by atoms with Crippen molar-refractivity contribution in [3.63, 3.8) is 0 Å². The van der Waals surface area contributed by atoms with Crippen molar-refractivity contribution < 1.29 is 19.0 Å². The lowest BCUT2D eigenvalue weighted by Gasteiger charge is -2.04. The van der Waals surface area contributed by atoms with Crippen LogP contribution in [-0.2, 0) is 20.8 Å². The summed E-state index contributed by atoms with van der Waals surface area (Å²) < 4.78 is 16.7. The van der Waals surface area contributed by atoms with Gasteiger partial charge in [-0.15, -0.1) is 5.10 Å². The van der Waals surface area contributed by atoms with E-state index in [-0.39, 0.29) is 12.3 Å². The second-order valence-corrected chi connectivity index (χ2v) is 3.93. The minimum atomic E-state index is -0.467. The third kappa shape index (κ3) is 4.96. The van der Waals surface area contributed by atoms with E-state index in [2.05, 4.69) is 10.3 Å². The van der Waals surface area contributed by atoms with Crippen molar-refractivity contribution in [1.82, 2.24) is 15.0 Å². The van der Waals surface area contributed by atoms with E-state index in [1.54, 1.807) is 18.7 Å². The molecule has 0 aromatic carbocycles. The normalized spacial score (nSPS) is 10.7. The van der Waals surface area contributed by atoms with Crippen LogP contribution in [0.25, 0.3) is 0 Å². The van der Waals surface area contributed by atoms with Crippen LogP contribution in [0.15, 0.2) is 0 Å². The lowest BCUT2D eigenvalue weighted by Crippen LogP contribution is -2.12. The molecule has 0 unspecified atom stereocenters. The molecule has 0 aliphatic rings. The number of carbonyl (C=O) groups excluding carboxylic acids is 1. The van der Waals surface area contributed by atoms with Crippen LogP contribution >= 0.6 is 0 Å². The highest BCUT2D eigenvalue weighted by atomic mass is 16.6. The number of aromatic nitrogens is 3. The Kier molecular flexibility index (Phi) is 7.06. The maximum absolute atomic E-state index is 11.7. The third-order valence-corrected chi connectivity index (χ3v) is 2.56. The maximum atomic E-state index is 11.7. The molecule has 108 valence electrons. The van der Waals surface area contributed by atoms with Crippen LogP contribution in [0.4, 0.5) is 0 Å². The largest absolute Gasteiger partial charge is 0.458 e. The van der Waals surface area contributed by atoms with E-state index in [9.17, 15) is 4.79 Å². The second kappa shape index (κ2) is 8.60. The third-order valence-electron chi connectivity index (χ3n) is 2.56. The van der Waals surface area contributed by atoms with E-state index in [1.807, 2.05) is 6.92 Å². The van der Waals surface area contributed by atoms with Gasteiger partial charge in [0, 0.05) is 26.9 Å². The fraction of sp³-hybridized carbons (Fsp3) is 0.750. The fourth-order valence-corrected chi connectivity index (χ4v) is 1.51. The second-order valence-electron chi connectivity index (χ2n) is 3.93. The fourth-order valence-electron chi connectivity index (χ4n) is 1.51. The summed E-state index contributed by atoms with van der Waals surface area (Å²) in [6.45, 7) is 6.38. The quantitative estimate of drug-likeness (QED) is 0.489. The summed E-state index contributed by atoms with van der Waals surface area (Å²) >= 11 is 0. The average Bonchev–Trinajstić information content (AvgIpc) is 2.76. The molecule has 0 spiro atoms. The number of carbonyl (C=O) groups is 1. The summed E-state index contributed by atoms with van der Waals surface area (Å²) in [5.41, 5.74) is 0.964. The molecular formula is C12H21N3O4. The maximum Gasteiger partial charge on any atom is 0.360 e. The topological polar surface area (TPSA) is 75.5 Å². The predicted molar refractivity (Wildman–Crippen MR) is 68.0 cm³/mol. The molecule has 0 aliphatic carbocycles.